The van der Waals surface area contributed by atoms with Gasteiger partial charge in [0.25, 0.3) is 0 Å². The molecule has 0 radical (unpaired) electrons. The lowest BCUT2D eigenvalue weighted by Crippen LogP contribution is -2.52. The topological polar surface area (TPSA) is 43.9 Å². The van der Waals surface area contributed by atoms with Gasteiger partial charge < -0.3 is 0 Å². The Morgan fingerprint density at radius 3 is 1.89 bits per heavy atom. The molecule has 2 aliphatic heterocycles. The highest BCUT2D eigenvalue weighted by Crippen LogP contribution is 2.29. The average molecular weight is 480 g/mol. The molecule has 0 bridgehead atoms. The number of hydrogen-bond acceptors (Lipinski definition) is 4. The first-order valence-electron chi connectivity index (χ1n) is 12.8. The van der Waals surface area contributed by atoms with E-state index in [0.29, 0.717) is 6.54 Å². The van der Waals surface area contributed by atoms with Crippen LogP contribution in [0.1, 0.15) is 29.0 Å². The van der Waals surface area contributed by atoms with Crippen LogP contribution in [0, 0.1) is 0 Å². The molecule has 2 heterocycles. The summed E-state index contributed by atoms with van der Waals surface area (Å²) in [5, 5.41) is 0. The van der Waals surface area contributed by atoms with Crippen LogP contribution in [0.3, 0.4) is 0 Å². The van der Waals surface area contributed by atoms with Crippen molar-refractivity contribution in [2.45, 2.75) is 18.4 Å². The molecule has 0 spiro atoms. The van der Waals surface area contributed by atoms with E-state index in [-0.39, 0.29) is 30.2 Å². The van der Waals surface area contributed by atoms with Gasteiger partial charge in [0.05, 0.1) is 12.5 Å². The predicted molar refractivity (Wildman–Crippen MR) is 143 cm³/mol. The molecule has 3 aromatic carbocycles. The van der Waals surface area contributed by atoms with Crippen molar-refractivity contribution < 1.29 is 9.59 Å². The number of likely N-dealkylation sites (tertiary alicyclic amines) is 1. The molecule has 2 saturated heterocycles. The largest absolute Gasteiger partial charge is 0.297 e. The summed E-state index contributed by atoms with van der Waals surface area (Å²) in [6.45, 7) is 4.67. The molecule has 2 fully saturated rings. The van der Waals surface area contributed by atoms with Crippen molar-refractivity contribution in [3.8, 4) is 0 Å². The van der Waals surface area contributed by atoms with Gasteiger partial charge in [-0.2, -0.15) is 0 Å². The Labute approximate surface area is 213 Å². The molecule has 0 unspecified atom stereocenters. The van der Waals surface area contributed by atoms with Crippen molar-refractivity contribution in [3.63, 3.8) is 0 Å². The summed E-state index contributed by atoms with van der Waals surface area (Å²) in [4.78, 5) is 32.6. The van der Waals surface area contributed by atoms with Crippen LogP contribution in [-0.4, -0.2) is 71.8 Å². The number of rotatable bonds is 8. The molecule has 5 nitrogen and oxygen atoms in total. The van der Waals surface area contributed by atoms with Crippen molar-refractivity contribution in [2.24, 2.45) is 0 Å². The number of carbonyl (C=O) groups is 2. The van der Waals surface area contributed by atoms with Gasteiger partial charge in [-0.15, -0.1) is 0 Å². The van der Waals surface area contributed by atoms with Crippen molar-refractivity contribution in [1.82, 2.24) is 14.7 Å². The van der Waals surface area contributed by atoms with E-state index in [1.165, 1.54) is 10.5 Å². The van der Waals surface area contributed by atoms with Crippen LogP contribution in [0.15, 0.2) is 97.1 Å². The number of carbonyl (C=O) groups excluding carboxylic acids is 2. The second-order valence-corrected chi connectivity index (χ2v) is 9.59. The van der Waals surface area contributed by atoms with Crippen LogP contribution in [0.4, 0.5) is 0 Å². The van der Waals surface area contributed by atoms with Gasteiger partial charge >= 0.3 is 0 Å². The zero-order valence-corrected chi connectivity index (χ0v) is 20.6. The van der Waals surface area contributed by atoms with Gasteiger partial charge in [0.15, 0.2) is 0 Å². The lowest BCUT2D eigenvalue weighted by Gasteiger charge is -2.36. The van der Waals surface area contributed by atoms with E-state index in [2.05, 4.69) is 58.4 Å². The van der Waals surface area contributed by atoms with Crippen molar-refractivity contribution in [2.75, 3.05) is 39.3 Å². The molecule has 5 rings (SSSR count). The molecule has 5 heteroatoms. The standard InChI is InChI=1S/C31H33N3O2/c35-30-23-29(33-21-19-32(20-22-33)18-10-13-25-11-4-1-5-12-25)31(36)34(30)24-28(26-14-6-2-7-15-26)27-16-8-3-9-17-27/h1-17,28-29H,18-24H2/b13-10+/t29-/m1/s1. The number of nitrogens with zero attached hydrogens (tertiary/aromatic N) is 3. The maximum absolute atomic E-state index is 13.5. The number of hydrogen-bond donors (Lipinski definition) is 0. The summed E-state index contributed by atoms with van der Waals surface area (Å²) >= 11 is 0. The Morgan fingerprint density at radius 1 is 0.750 bits per heavy atom. The third-order valence-electron chi connectivity index (χ3n) is 7.31. The number of piperazine rings is 1. The first-order chi connectivity index (χ1) is 17.7. The summed E-state index contributed by atoms with van der Waals surface area (Å²) in [5.41, 5.74) is 3.44. The minimum Gasteiger partial charge on any atom is -0.297 e. The summed E-state index contributed by atoms with van der Waals surface area (Å²) in [5.74, 6) is -0.142. The molecule has 0 N–H and O–H groups in total. The number of amides is 2. The summed E-state index contributed by atoms with van der Waals surface area (Å²) in [7, 11) is 0. The van der Waals surface area contributed by atoms with Gasteiger partial charge in [-0.05, 0) is 16.7 Å². The van der Waals surface area contributed by atoms with Crippen molar-refractivity contribution in [3.05, 3.63) is 114 Å². The van der Waals surface area contributed by atoms with Gasteiger partial charge in [0, 0.05) is 45.2 Å². The first-order valence-corrected chi connectivity index (χ1v) is 12.8. The maximum Gasteiger partial charge on any atom is 0.247 e. The Morgan fingerprint density at radius 2 is 1.31 bits per heavy atom. The Kier molecular flexibility index (Phi) is 7.70. The summed E-state index contributed by atoms with van der Waals surface area (Å²) in [6.07, 6.45) is 4.63. The van der Waals surface area contributed by atoms with Gasteiger partial charge in [-0.1, -0.05) is 103 Å². The number of imide groups is 1. The highest BCUT2D eigenvalue weighted by atomic mass is 16.2. The van der Waals surface area contributed by atoms with Crippen LogP contribution in [-0.2, 0) is 9.59 Å². The summed E-state index contributed by atoms with van der Waals surface area (Å²) in [6, 6.07) is 30.3. The van der Waals surface area contributed by atoms with Gasteiger partial charge in [-0.25, -0.2) is 0 Å². The van der Waals surface area contributed by atoms with E-state index in [1.54, 1.807) is 0 Å². The van der Waals surface area contributed by atoms with E-state index in [0.717, 1.165) is 43.9 Å². The number of benzene rings is 3. The fourth-order valence-corrected chi connectivity index (χ4v) is 5.26. The Bertz CT molecular complexity index is 1130. The van der Waals surface area contributed by atoms with E-state index in [4.69, 9.17) is 0 Å². The minimum absolute atomic E-state index is 0.0349. The van der Waals surface area contributed by atoms with Gasteiger partial charge in [0.2, 0.25) is 11.8 Å². The van der Waals surface area contributed by atoms with Crippen LogP contribution in [0.25, 0.3) is 6.08 Å². The highest BCUT2D eigenvalue weighted by molar-refractivity contribution is 6.05. The normalized spacial score (nSPS) is 19.6. The predicted octanol–water partition coefficient (Wildman–Crippen LogP) is 4.28. The van der Waals surface area contributed by atoms with Crippen molar-refractivity contribution in [1.29, 1.82) is 0 Å². The Hall–Kier alpha value is -3.54. The highest BCUT2D eigenvalue weighted by Gasteiger charge is 2.43. The van der Waals surface area contributed by atoms with E-state index < -0.39 is 0 Å². The lowest BCUT2D eigenvalue weighted by atomic mass is 9.91. The quantitative estimate of drug-likeness (QED) is 0.453. The minimum atomic E-state index is -0.341. The van der Waals surface area contributed by atoms with Crippen LogP contribution in [0.2, 0.25) is 0 Å². The third-order valence-corrected chi connectivity index (χ3v) is 7.31. The second kappa shape index (κ2) is 11.5. The van der Waals surface area contributed by atoms with Gasteiger partial charge in [0.1, 0.15) is 0 Å². The third kappa shape index (κ3) is 5.64. The smallest absolute Gasteiger partial charge is 0.247 e. The zero-order chi connectivity index (χ0) is 24.7. The molecule has 1 atom stereocenters. The molecule has 0 saturated carbocycles. The monoisotopic (exact) mass is 479 g/mol. The molecule has 184 valence electrons. The molecule has 3 aromatic rings. The fraction of sp³-hybridized carbons (Fsp3) is 0.290. The van der Waals surface area contributed by atoms with Crippen molar-refractivity contribution >= 4 is 17.9 Å². The fourth-order valence-electron chi connectivity index (χ4n) is 5.26. The van der Waals surface area contributed by atoms with E-state index in [9.17, 15) is 9.59 Å². The molecule has 2 amide bonds. The molecule has 2 aliphatic rings. The molecule has 0 aromatic heterocycles. The summed E-state index contributed by atoms with van der Waals surface area (Å²) < 4.78 is 0. The molecular formula is C31H33N3O2. The molecule has 0 aliphatic carbocycles. The SMILES string of the molecule is O=C1C[C@@H](N2CCN(C/C=C/c3ccccc3)CC2)C(=O)N1CC(c1ccccc1)c1ccccc1. The first kappa shape index (κ1) is 24.2. The molecule has 36 heavy (non-hydrogen) atoms. The van der Waals surface area contributed by atoms with E-state index >= 15 is 0 Å². The van der Waals surface area contributed by atoms with E-state index in [1.807, 2.05) is 54.6 Å². The van der Waals surface area contributed by atoms with Gasteiger partial charge in [-0.3, -0.25) is 24.3 Å². The van der Waals surface area contributed by atoms with Crippen LogP contribution >= 0.6 is 0 Å². The maximum atomic E-state index is 13.5. The average Bonchev–Trinajstić information content (AvgIpc) is 3.22. The van der Waals surface area contributed by atoms with Crippen LogP contribution < -0.4 is 0 Å². The second-order valence-electron chi connectivity index (χ2n) is 9.59. The van der Waals surface area contributed by atoms with Crippen LogP contribution in [0.5, 0.6) is 0 Å². The lowest BCUT2D eigenvalue weighted by molar-refractivity contribution is -0.140. The molecular weight excluding hydrogens is 446 g/mol. The zero-order valence-electron chi connectivity index (χ0n) is 20.6. The Balaban J connectivity index is 1.20.